The maximum atomic E-state index is 13.8. The van der Waals surface area contributed by atoms with Gasteiger partial charge in [0.25, 0.3) is 0 Å². The van der Waals surface area contributed by atoms with Gasteiger partial charge in [-0.25, -0.2) is 18.8 Å². The minimum atomic E-state index is -0.368. The minimum Gasteiger partial charge on any atom is -0.481 e. The lowest BCUT2D eigenvalue weighted by atomic mass is 9.92. The number of hydrogen-bond donors (Lipinski definition) is 0. The van der Waals surface area contributed by atoms with Crippen LogP contribution < -0.4 is 10.3 Å². The first-order valence-electron chi connectivity index (χ1n) is 14.1. The summed E-state index contributed by atoms with van der Waals surface area (Å²) in [6.07, 6.45) is 6.76. The Bertz CT molecular complexity index is 1750. The van der Waals surface area contributed by atoms with Gasteiger partial charge in [-0.05, 0) is 41.5 Å². The number of nitrogens with zero attached hydrogens (tertiary/aromatic N) is 5. The number of ether oxygens (including phenoxy) is 1. The molecule has 1 aliphatic heterocycles. The molecule has 3 aromatic heterocycles. The van der Waals surface area contributed by atoms with E-state index >= 15 is 0 Å². The van der Waals surface area contributed by atoms with Crippen LogP contribution in [0.1, 0.15) is 36.3 Å². The van der Waals surface area contributed by atoms with Crippen molar-refractivity contribution in [2.45, 2.75) is 39.8 Å². The van der Waals surface area contributed by atoms with E-state index in [4.69, 9.17) is 9.72 Å². The van der Waals surface area contributed by atoms with Crippen LogP contribution in [-0.4, -0.2) is 42.8 Å². The number of carbonyl (C=O) groups is 1. The number of piperidine rings is 1. The van der Waals surface area contributed by atoms with Gasteiger partial charge in [0, 0.05) is 43.0 Å². The monoisotopic (exact) mass is 585 g/mol. The highest BCUT2D eigenvalue weighted by molar-refractivity contribution is 7.15. The molecule has 42 heavy (non-hydrogen) atoms. The fraction of sp³-hybridized carbons (Fsp3) is 0.312. The Hall–Kier alpha value is -4.31. The summed E-state index contributed by atoms with van der Waals surface area (Å²) in [4.78, 5) is 39.4. The average molecular weight is 586 g/mol. The average Bonchev–Trinajstić information content (AvgIpc) is 3.61. The molecule has 8 nitrogen and oxygen atoms in total. The Balaban J connectivity index is 1.35. The lowest BCUT2D eigenvalue weighted by Crippen LogP contribution is -2.44. The van der Waals surface area contributed by atoms with E-state index in [9.17, 15) is 14.0 Å². The zero-order valence-electron chi connectivity index (χ0n) is 23.6. The van der Waals surface area contributed by atoms with E-state index < -0.39 is 0 Å². The number of aromatic nitrogens is 4. The number of amides is 1. The molecule has 0 bridgehead atoms. The van der Waals surface area contributed by atoms with Crippen LogP contribution in [0.25, 0.3) is 16.5 Å². The van der Waals surface area contributed by atoms with E-state index in [0.29, 0.717) is 34.7 Å². The smallest absolute Gasteiger partial charge is 0.302 e. The Morgan fingerprint density at radius 3 is 2.50 bits per heavy atom. The zero-order valence-corrected chi connectivity index (χ0v) is 24.4. The van der Waals surface area contributed by atoms with E-state index in [1.54, 1.807) is 35.3 Å². The number of likely N-dealkylation sites (tertiary alicyclic amines) is 1. The van der Waals surface area contributed by atoms with Gasteiger partial charge in [-0.15, -0.1) is 11.3 Å². The van der Waals surface area contributed by atoms with Gasteiger partial charge in [0.15, 0.2) is 5.69 Å². The van der Waals surface area contributed by atoms with Gasteiger partial charge in [0.05, 0.1) is 0 Å². The first-order valence-corrected chi connectivity index (χ1v) is 14.9. The van der Waals surface area contributed by atoms with Crippen LogP contribution >= 0.6 is 11.3 Å². The number of benzene rings is 2. The Labute approximate surface area is 247 Å². The molecular formula is C32H32FN5O3S. The van der Waals surface area contributed by atoms with Gasteiger partial charge in [0.1, 0.15) is 24.0 Å². The van der Waals surface area contributed by atoms with Crippen LogP contribution in [-0.2, 0) is 24.4 Å². The van der Waals surface area contributed by atoms with Gasteiger partial charge in [0.2, 0.25) is 17.4 Å². The van der Waals surface area contributed by atoms with Gasteiger partial charge >= 0.3 is 5.56 Å². The lowest BCUT2D eigenvalue weighted by molar-refractivity contribution is -0.134. The second kappa shape index (κ2) is 11.9. The molecule has 1 aliphatic rings. The molecule has 1 amide bonds. The topological polar surface area (TPSA) is 81.7 Å². The molecule has 6 rings (SSSR count). The summed E-state index contributed by atoms with van der Waals surface area (Å²) in [6, 6.07) is 16.0. The van der Waals surface area contributed by atoms with E-state index in [1.165, 1.54) is 27.9 Å². The number of imidazole rings is 1. The first kappa shape index (κ1) is 27.8. The molecule has 2 aromatic carbocycles. The van der Waals surface area contributed by atoms with Gasteiger partial charge in [-0.1, -0.05) is 56.3 Å². The van der Waals surface area contributed by atoms with Crippen molar-refractivity contribution in [1.82, 2.24) is 23.8 Å². The van der Waals surface area contributed by atoms with Gasteiger partial charge in [-0.2, -0.15) is 0 Å². The predicted octanol–water partition coefficient (Wildman–Crippen LogP) is 5.43. The van der Waals surface area contributed by atoms with Gasteiger partial charge < -0.3 is 14.2 Å². The molecule has 4 heterocycles. The number of carbonyl (C=O) groups excluding carboxylic acids is 1. The molecule has 1 saturated heterocycles. The highest BCUT2D eigenvalue weighted by Gasteiger charge is 2.27. The Kier molecular flexibility index (Phi) is 7.88. The molecule has 0 radical (unpaired) electrons. The number of fused-ring (bicyclic) bond motifs is 1. The normalized spacial score (nSPS) is 17.1. The van der Waals surface area contributed by atoms with Crippen LogP contribution in [0.4, 0.5) is 4.39 Å². The third-order valence-corrected chi connectivity index (χ3v) is 8.51. The summed E-state index contributed by atoms with van der Waals surface area (Å²) in [5.74, 6) is 1.07. The summed E-state index contributed by atoms with van der Waals surface area (Å²) in [5, 5.41) is 0.535. The highest BCUT2D eigenvalue weighted by atomic mass is 32.1. The number of thiazole rings is 1. The molecule has 5 aromatic rings. The standard InChI is InChI=1S/C32H32FN5O3S/c1-21-14-22(2)18-37(17-21)27(39)19-36-12-13-38-31(40)29(41-20-24-6-4-3-5-7-24)28(35-32(36)38)30-34-16-26(42-30)15-23-8-10-25(33)11-9-23/h3-13,16,21-22H,14-15,17-20H2,1-2H3/t21-,22?/m1/s1. The van der Waals surface area contributed by atoms with Crippen molar-refractivity contribution in [3.8, 4) is 16.5 Å². The summed E-state index contributed by atoms with van der Waals surface area (Å²) in [6.45, 7) is 6.07. The molecule has 0 saturated carbocycles. The van der Waals surface area contributed by atoms with Crippen LogP contribution in [0, 0.1) is 17.7 Å². The molecular weight excluding hydrogens is 553 g/mol. The van der Waals surface area contributed by atoms with Crippen molar-refractivity contribution in [2.24, 2.45) is 11.8 Å². The van der Waals surface area contributed by atoms with Crippen molar-refractivity contribution in [3.63, 3.8) is 0 Å². The molecule has 10 heteroatoms. The van der Waals surface area contributed by atoms with E-state index in [2.05, 4.69) is 18.8 Å². The van der Waals surface area contributed by atoms with Crippen LogP contribution in [0.15, 0.2) is 78.0 Å². The Morgan fingerprint density at radius 2 is 1.76 bits per heavy atom. The van der Waals surface area contributed by atoms with Crippen molar-refractivity contribution >= 4 is 23.0 Å². The predicted molar refractivity (Wildman–Crippen MR) is 160 cm³/mol. The van der Waals surface area contributed by atoms with Crippen molar-refractivity contribution in [3.05, 3.63) is 105 Å². The Morgan fingerprint density at radius 1 is 1.02 bits per heavy atom. The van der Waals surface area contributed by atoms with Crippen molar-refractivity contribution in [2.75, 3.05) is 13.1 Å². The van der Waals surface area contributed by atoms with E-state index in [1.807, 2.05) is 35.2 Å². The summed E-state index contributed by atoms with van der Waals surface area (Å²) in [7, 11) is 0. The summed E-state index contributed by atoms with van der Waals surface area (Å²) in [5.41, 5.74) is 1.83. The summed E-state index contributed by atoms with van der Waals surface area (Å²) < 4.78 is 22.6. The van der Waals surface area contributed by atoms with Crippen molar-refractivity contribution < 1.29 is 13.9 Å². The second-order valence-electron chi connectivity index (χ2n) is 11.1. The highest BCUT2D eigenvalue weighted by Crippen LogP contribution is 2.31. The fourth-order valence-corrected chi connectivity index (χ4v) is 6.53. The van der Waals surface area contributed by atoms with Crippen molar-refractivity contribution in [1.29, 1.82) is 0 Å². The molecule has 216 valence electrons. The molecule has 1 fully saturated rings. The van der Waals surface area contributed by atoms with Crippen LogP contribution in [0.3, 0.4) is 0 Å². The minimum absolute atomic E-state index is 0.00235. The quantitative estimate of drug-likeness (QED) is 0.243. The number of halogens is 1. The molecule has 0 N–H and O–H groups in total. The number of rotatable bonds is 8. The molecule has 1 unspecified atom stereocenters. The zero-order chi connectivity index (χ0) is 29.2. The third kappa shape index (κ3) is 5.99. The van der Waals surface area contributed by atoms with Gasteiger partial charge in [-0.3, -0.25) is 9.59 Å². The third-order valence-electron chi connectivity index (χ3n) is 7.51. The second-order valence-corrected chi connectivity index (χ2v) is 12.3. The SMILES string of the molecule is CC1C[C@@H](C)CN(C(=O)Cn2ccn3c(=O)c(OCc4ccccc4)c(-c4ncc(Cc5ccc(F)cc5)s4)nc23)C1. The number of hydrogen-bond acceptors (Lipinski definition) is 6. The molecule has 0 spiro atoms. The fourth-order valence-electron chi connectivity index (χ4n) is 5.60. The molecule has 2 atom stereocenters. The summed E-state index contributed by atoms with van der Waals surface area (Å²) >= 11 is 1.40. The molecule has 0 aliphatic carbocycles. The maximum absolute atomic E-state index is 13.8. The van der Waals surface area contributed by atoms with E-state index in [-0.39, 0.29) is 36.2 Å². The van der Waals surface area contributed by atoms with E-state index in [0.717, 1.165) is 35.5 Å². The van der Waals surface area contributed by atoms with Crippen LogP contribution in [0.5, 0.6) is 5.75 Å². The maximum Gasteiger partial charge on any atom is 0.302 e. The lowest BCUT2D eigenvalue weighted by Gasteiger charge is -2.35. The largest absolute Gasteiger partial charge is 0.481 e. The van der Waals surface area contributed by atoms with Crippen LogP contribution in [0.2, 0.25) is 0 Å². The first-order chi connectivity index (χ1) is 20.3.